The smallest absolute Gasteiger partial charge is 0.321 e. The molecule has 7 heteroatoms. The Morgan fingerprint density at radius 3 is 2.75 bits per heavy atom. The van der Waals surface area contributed by atoms with E-state index in [1.54, 1.807) is 18.0 Å². The van der Waals surface area contributed by atoms with E-state index in [9.17, 15) is 4.79 Å². The molecule has 6 nitrogen and oxygen atoms in total. The molecule has 1 fully saturated rings. The van der Waals surface area contributed by atoms with Crippen LogP contribution >= 0.6 is 11.8 Å². The molecular weight excluding hydrogens is 324 g/mol. The molecule has 1 saturated heterocycles. The standard InChI is InChI=1S/C17H22N4O2S/c1-2-24-16-6-4-3-5-15(16)18-17(22)21-10-8-20(9-11-21)13-14-7-12-23-19-14/h3-7,12H,2,8-11,13H2,1H3,(H,18,22). The Labute approximate surface area is 146 Å². The number of thioether (sulfide) groups is 1. The zero-order chi connectivity index (χ0) is 16.8. The highest BCUT2D eigenvalue weighted by atomic mass is 32.2. The lowest BCUT2D eigenvalue weighted by atomic mass is 10.3. The molecule has 1 aliphatic heterocycles. The summed E-state index contributed by atoms with van der Waals surface area (Å²) < 4.78 is 4.86. The van der Waals surface area contributed by atoms with Gasteiger partial charge in [-0.3, -0.25) is 4.90 Å². The van der Waals surface area contributed by atoms with Crippen LogP contribution in [0.5, 0.6) is 0 Å². The zero-order valence-electron chi connectivity index (χ0n) is 13.8. The summed E-state index contributed by atoms with van der Waals surface area (Å²) in [4.78, 5) is 17.8. The van der Waals surface area contributed by atoms with Crippen molar-refractivity contribution in [2.24, 2.45) is 0 Å². The SMILES string of the molecule is CCSc1ccccc1NC(=O)N1CCN(Cc2ccon2)CC1. The predicted octanol–water partition coefficient (Wildman–Crippen LogP) is 3.14. The van der Waals surface area contributed by atoms with Gasteiger partial charge in [0.05, 0.1) is 11.4 Å². The normalized spacial score (nSPS) is 15.5. The Balaban J connectivity index is 1.52. The molecule has 0 bridgehead atoms. The number of piperazine rings is 1. The summed E-state index contributed by atoms with van der Waals surface area (Å²) in [7, 11) is 0. The first-order chi connectivity index (χ1) is 11.8. The van der Waals surface area contributed by atoms with Gasteiger partial charge in [0.2, 0.25) is 0 Å². The van der Waals surface area contributed by atoms with E-state index in [0.29, 0.717) is 13.1 Å². The molecule has 1 aromatic heterocycles. The van der Waals surface area contributed by atoms with Crippen LogP contribution in [-0.4, -0.2) is 52.9 Å². The van der Waals surface area contributed by atoms with Gasteiger partial charge in [0, 0.05) is 43.7 Å². The van der Waals surface area contributed by atoms with Gasteiger partial charge < -0.3 is 14.7 Å². The number of aromatic nitrogens is 1. The van der Waals surface area contributed by atoms with Crippen LogP contribution < -0.4 is 5.32 Å². The molecule has 1 N–H and O–H groups in total. The average molecular weight is 346 g/mol. The van der Waals surface area contributed by atoms with E-state index in [0.717, 1.165) is 41.7 Å². The quantitative estimate of drug-likeness (QED) is 0.843. The van der Waals surface area contributed by atoms with Crippen LogP contribution in [0.3, 0.4) is 0 Å². The van der Waals surface area contributed by atoms with Gasteiger partial charge in [0.15, 0.2) is 0 Å². The second-order valence-electron chi connectivity index (χ2n) is 5.61. The van der Waals surface area contributed by atoms with Crippen molar-refractivity contribution in [2.45, 2.75) is 18.4 Å². The summed E-state index contributed by atoms with van der Waals surface area (Å²) in [6.07, 6.45) is 1.59. The van der Waals surface area contributed by atoms with Crippen LogP contribution in [0.1, 0.15) is 12.6 Å². The second kappa shape index (κ2) is 8.21. The maximum absolute atomic E-state index is 12.5. The molecule has 0 radical (unpaired) electrons. The highest BCUT2D eigenvalue weighted by Crippen LogP contribution is 2.26. The first-order valence-electron chi connectivity index (χ1n) is 8.15. The first kappa shape index (κ1) is 16.9. The minimum absolute atomic E-state index is 0.0276. The predicted molar refractivity (Wildman–Crippen MR) is 95.2 cm³/mol. The highest BCUT2D eigenvalue weighted by Gasteiger charge is 2.22. The maximum Gasteiger partial charge on any atom is 0.321 e. The van der Waals surface area contributed by atoms with Crippen molar-refractivity contribution < 1.29 is 9.32 Å². The van der Waals surface area contributed by atoms with Crippen molar-refractivity contribution >= 4 is 23.5 Å². The summed E-state index contributed by atoms with van der Waals surface area (Å²) in [5.41, 5.74) is 1.82. The van der Waals surface area contributed by atoms with E-state index >= 15 is 0 Å². The van der Waals surface area contributed by atoms with Crippen molar-refractivity contribution in [1.29, 1.82) is 0 Å². The number of nitrogens with one attached hydrogen (secondary N) is 1. The van der Waals surface area contributed by atoms with Crippen LogP contribution in [0.4, 0.5) is 10.5 Å². The van der Waals surface area contributed by atoms with Crippen LogP contribution in [-0.2, 0) is 6.54 Å². The monoisotopic (exact) mass is 346 g/mol. The minimum Gasteiger partial charge on any atom is -0.364 e. The number of nitrogens with zero attached hydrogens (tertiary/aromatic N) is 3. The summed E-state index contributed by atoms with van der Waals surface area (Å²) in [6.45, 7) is 5.98. The number of rotatable bonds is 5. The third-order valence-electron chi connectivity index (χ3n) is 3.96. The van der Waals surface area contributed by atoms with E-state index in [2.05, 4.69) is 22.3 Å². The minimum atomic E-state index is -0.0276. The second-order valence-corrected chi connectivity index (χ2v) is 6.92. The molecule has 0 aliphatic carbocycles. The lowest BCUT2D eigenvalue weighted by Crippen LogP contribution is -2.49. The Bertz CT molecular complexity index is 654. The van der Waals surface area contributed by atoms with Crippen LogP contribution in [0.15, 0.2) is 46.0 Å². The van der Waals surface area contributed by atoms with Crippen molar-refractivity contribution in [2.75, 3.05) is 37.2 Å². The lowest BCUT2D eigenvalue weighted by Gasteiger charge is -2.34. The third-order valence-corrected chi connectivity index (χ3v) is 4.92. The lowest BCUT2D eigenvalue weighted by molar-refractivity contribution is 0.141. The summed E-state index contributed by atoms with van der Waals surface area (Å²) in [5.74, 6) is 0.980. The molecule has 1 aliphatic rings. The topological polar surface area (TPSA) is 61.6 Å². The van der Waals surface area contributed by atoms with Gasteiger partial charge in [-0.05, 0) is 17.9 Å². The van der Waals surface area contributed by atoms with Gasteiger partial charge in [-0.15, -0.1) is 11.8 Å². The van der Waals surface area contributed by atoms with Gasteiger partial charge in [-0.2, -0.15) is 0 Å². The molecule has 24 heavy (non-hydrogen) atoms. The molecule has 2 heterocycles. The fraction of sp³-hybridized carbons (Fsp3) is 0.412. The third kappa shape index (κ3) is 4.30. The van der Waals surface area contributed by atoms with Crippen molar-refractivity contribution in [1.82, 2.24) is 15.0 Å². The Kier molecular flexibility index (Phi) is 5.77. The van der Waals surface area contributed by atoms with Gasteiger partial charge >= 0.3 is 6.03 Å². The van der Waals surface area contributed by atoms with Crippen LogP contribution in [0.2, 0.25) is 0 Å². The number of hydrogen-bond acceptors (Lipinski definition) is 5. The molecule has 0 atom stereocenters. The number of amides is 2. The van der Waals surface area contributed by atoms with Gasteiger partial charge in [-0.1, -0.05) is 24.2 Å². The van der Waals surface area contributed by atoms with Crippen molar-refractivity contribution in [3.8, 4) is 0 Å². The summed E-state index contributed by atoms with van der Waals surface area (Å²) in [5, 5.41) is 6.98. The highest BCUT2D eigenvalue weighted by molar-refractivity contribution is 7.99. The van der Waals surface area contributed by atoms with Crippen molar-refractivity contribution in [3.05, 3.63) is 42.3 Å². The number of para-hydroxylation sites is 1. The number of benzene rings is 1. The molecule has 0 spiro atoms. The molecule has 2 aromatic rings. The maximum atomic E-state index is 12.5. The number of anilines is 1. The molecular formula is C17H22N4O2S. The molecule has 1 aromatic carbocycles. The number of hydrogen-bond donors (Lipinski definition) is 1. The van der Waals surface area contributed by atoms with Crippen LogP contribution in [0.25, 0.3) is 0 Å². The molecule has 0 unspecified atom stereocenters. The van der Waals surface area contributed by atoms with E-state index in [-0.39, 0.29) is 6.03 Å². The zero-order valence-corrected chi connectivity index (χ0v) is 14.6. The molecule has 3 rings (SSSR count). The van der Waals surface area contributed by atoms with E-state index in [4.69, 9.17) is 4.52 Å². The van der Waals surface area contributed by atoms with E-state index in [1.165, 1.54) is 0 Å². The molecule has 2 amide bonds. The van der Waals surface area contributed by atoms with Gasteiger partial charge in [0.25, 0.3) is 0 Å². The van der Waals surface area contributed by atoms with Crippen LogP contribution in [0, 0.1) is 0 Å². The number of urea groups is 1. The fourth-order valence-corrected chi connectivity index (χ4v) is 3.46. The Morgan fingerprint density at radius 1 is 1.25 bits per heavy atom. The summed E-state index contributed by atoms with van der Waals surface area (Å²) >= 11 is 1.74. The van der Waals surface area contributed by atoms with E-state index in [1.807, 2.05) is 35.2 Å². The molecule has 128 valence electrons. The summed E-state index contributed by atoms with van der Waals surface area (Å²) in [6, 6.07) is 9.79. The fourth-order valence-electron chi connectivity index (χ4n) is 2.70. The van der Waals surface area contributed by atoms with E-state index < -0.39 is 0 Å². The van der Waals surface area contributed by atoms with Gasteiger partial charge in [0.1, 0.15) is 6.26 Å². The molecule has 0 saturated carbocycles. The first-order valence-corrected chi connectivity index (χ1v) is 9.14. The average Bonchev–Trinajstić information content (AvgIpc) is 3.10. The van der Waals surface area contributed by atoms with Gasteiger partial charge in [-0.25, -0.2) is 4.79 Å². The number of carbonyl (C=O) groups is 1. The van der Waals surface area contributed by atoms with Crippen molar-refractivity contribution in [3.63, 3.8) is 0 Å². The Hall–Kier alpha value is -1.99. The number of carbonyl (C=O) groups excluding carboxylic acids is 1. The Morgan fingerprint density at radius 2 is 2.04 bits per heavy atom. The largest absolute Gasteiger partial charge is 0.364 e.